The Hall–Kier alpha value is -1.68. The van der Waals surface area contributed by atoms with Gasteiger partial charge in [0.05, 0.1) is 5.01 Å². The summed E-state index contributed by atoms with van der Waals surface area (Å²) >= 11 is 1.64. The fourth-order valence-corrected chi connectivity index (χ4v) is 2.50. The Morgan fingerprint density at radius 1 is 1.33 bits per heavy atom. The van der Waals surface area contributed by atoms with Gasteiger partial charge in [0.25, 0.3) is 5.91 Å². The summed E-state index contributed by atoms with van der Waals surface area (Å²) in [7, 11) is 0. The molecule has 4 heteroatoms. The van der Waals surface area contributed by atoms with Gasteiger partial charge < -0.3 is 5.32 Å². The Morgan fingerprint density at radius 3 is 2.78 bits per heavy atom. The number of hydrogen-bond donors (Lipinski definition) is 1. The van der Waals surface area contributed by atoms with Crippen LogP contribution >= 0.6 is 11.3 Å². The van der Waals surface area contributed by atoms with Crippen molar-refractivity contribution in [3.05, 3.63) is 51.5 Å². The third-order valence-electron chi connectivity index (χ3n) is 2.68. The van der Waals surface area contributed by atoms with Gasteiger partial charge in [-0.15, -0.1) is 11.3 Å². The van der Waals surface area contributed by atoms with Crippen LogP contribution in [-0.4, -0.2) is 17.4 Å². The van der Waals surface area contributed by atoms with Crippen LogP contribution in [0.4, 0.5) is 0 Å². The van der Waals surface area contributed by atoms with E-state index in [0.29, 0.717) is 6.54 Å². The molecular weight excluding hydrogens is 244 g/mol. The van der Waals surface area contributed by atoms with Crippen molar-refractivity contribution in [2.24, 2.45) is 0 Å². The lowest BCUT2D eigenvalue weighted by Crippen LogP contribution is -2.26. The van der Waals surface area contributed by atoms with Crippen molar-refractivity contribution in [2.45, 2.75) is 20.3 Å². The van der Waals surface area contributed by atoms with Crippen LogP contribution in [0.15, 0.2) is 29.6 Å². The van der Waals surface area contributed by atoms with Gasteiger partial charge in [-0.25, -0.2) is 4.98 Å². The first-order valence-corrected chi connectivity index (χ1v) is 6.79. The number of amides is 1. The molecule has 0 saturated heterocycles. The molecule has 0 aliphatic carbocycles. The molecule has 3 nitrogen and oxygen atoms in total. The predicted octanol–water partition coefficient (Wildman–Crippen LogP) is 2.73. The number of carbonyl (C=O) groups is 1. The van der Waals surface area contributed by atoms with Gasteiger partial charge >= 0.3 is 0 Å². The fraction of sp³-hybridized carbons (Fsp3) is 0.286. The second kappa shape index (κ2) is 5.78. The van der Waals surface area contributed by atoms with Crippen LogP contribution < -0.4 is 5.32 Å². The highest BCUT2D eigenvalue weighted by molar-refractivity contribution is 7.09. The molecule has 1 amide bonds. The zero-order valence-electron chi connectivity index (χ0n) is 10.6. The molecule has 0 unspecified atom stereocenters. The average molecular weight is 260 g/mol. The molecule has 1 N–H and O–H groups in total. The Bertz CT molecular complexity index is 548. The molecule has 1 aromatic carbocycles. The summed E-state index contributed by atoms with van der Waals surface area (Å²) in [5.74, 6) is -0.0126. The van der Waals surface area contributed by atoms with E-state index in [-0.39, 0.29) is 5.91 Å². The predicted molar refractivity (Wildman–Crippen MR) is 74.1 cm³/mol. The highest BCUT2D eigenvalue weighted by Crippen LogP contribution is 2.09. The van der Waals surface area contributed by atoms with Gasteiger partial charge in [-0.2, -0.15) is 0 Å². The molecule has 1 aromatic heterocycles. The van der Waals surface area contributed by atoms with E-state index in [4.69, 9.17) is 0 Å². The van der Waals surface area contributed by atoms with Crippen LogP contribution in [-0.2, 0) is 6.42 Å². The summed E-state index contributed by atoms with van der Waals surface area (Å²) in [6, 6.07) is 7.61. The van der Waals surface area contributed by atoms with Gasteiger partial charge in [0, 0.05) is 29.6 Å². The first-order chi connectivity index (χ1) is 8.66. The molecule has 0 aliphatic rings. The molecule has 0 atom stereocenters. The number of benzene rings is 1. The maximum absolute atomic E-state index is 11.9. The monoisotopic (exact) mass is 260 g/mol. The molecule has 0 spiro atoms. The number of nitrogens with zero attached hydrogens (tertiary/aromatic N) is 1. The van der Waals surface area contributed by atoms with Crippen molar-refractivity contribution >= 4 is 17.2 Å². The standard InChI is InChI=1S/C14H16N2OS/c1-10-5-3-4-6-12(10)14(17)15-8-7-13-16-11(2)9-18-13/h3-6,9H,7-8H2,1-2H3,(H,15,17). The quantitative estimate of drug-likeness (QED) is 0.918. The molecule has 1 heterocycles. The Balaban J connectivity index is 1.87. The molecule has 0 saturated carbocycles. The summed E-state index contributed by atoms with van der Waals surface area (Å²) < 4.78 is 0. The second-order valence-corrected chi connectivity index (χ2v) is 5.15. The lowest BCUT2D eigenvalue weighted by Gasteiger charge is -2.06. The summed E-state index contributed by atoms with van der Waals surface area (Å²) in [6.45, 7) is 4.55. The summed E-state index contributed by atoms with van der Waals surface area (Å²) in [5.41, 5.74) is 2.79. The number of rotatable bonds is 4. The van der Waals surface area contributed by atoms with E-state index in [1.54, 1.807) is 11.3 Å². The van der Waals surface area contributed by atoms with E-state index >= 15 is 0 Å². The fourth-order valence-electron chi connectivity index (χ4n) is 1.72. The molecule has 94 valence electrons. The molecular formula is C14H16N2OS. The van der Waals surface area contributed by atoms with Gasteiger partial charge in [-0.1, -0.05) is 18.2 Å². The third kappa shape index (κ3) is 3.17. The van der Waals surface area contributed by atoms with Crippen molar-refractivity contribution in [3.63, 3.8) is 0 Å². The molecule has 2 rings (SSSR count). The van der Waals surface area contributed by atoms with E-state index in [0.717, 1.165) is 28.2 Å². The first-order valence-electron chi connectivity index (χ1n) is 5.91. The molecule has 18 heavy (non-hydrogen) atoms. The Morgan fingerprint density at radius 2 is 2.11 bits per heavy atom. The average Bonchev–Trinajstić information content (AvgIpc) is 2.75. The van der Waals surface area contributed by atoms with Gasteiger partial charge in [0.2, 0.25) is 0 Å². The van der Waals surface area contributed by atoms with Crippen LogP contribution in [0.25, 0.3) is 0 Å². The molecule has 0 bridgehead atoms. The molecule has 2 aromatic rings. The van der Waals surface area contributed by atoms with Crippen LogP contribution in [0.2, 0.25) is 0 Å². The second-order valence-electron chi connectivity index (χ2n) is 4.20. The van der Waals surface area contributed by atoms with Gasteiger partial charge in [-0.3, -0.25) is 4.79 Å². The zero-order valence-corrected chi connectivity index (χ0v) is 11.4. The molecule has 0 radical (unpaired) electrons. The normalized spacial score (nSPS) is 10.3. The smallest absolute Gasteiger partial charge is 0.251 e. The minimum absolute atomic E-state index is 0.0126. The van der Waals surface area contributed by atoms with Crippen molar-refractivity contribution in [1.29, 1.82) is 0 Å². The summed E-state index contributed by atoms with van der Waals surface area (Å²) in [5, 5.41) is 6.02. The number of aryl methyl sites for hydroxylation is 2. The van der Waals surface area contributed by atoms with Crippen LogP contribution in [0.5, 0.6) is 0 Å². The van der Waals surface area contributed by atoms with Gasteiger partial charge in [-0.05, 0) is 25.5 Å². The number of aromatic nitrogens is 1. The van der Waals surface area contributed by atoms with Crippen molar-refractivity contribution in [2.75, 3.05) is 6.54 Å². The molecule has 0 fully saturated rings. The van der Waals surface area contributed by atoms with Crippen LogP contribution in [0, 0.1) is 13.8 Å². The summed E-state index contributed by atoms with van der Waals surface area (Å²) in [4.78, 5) is 16.3. The maximum atomic E-state index is 11.9. The highest BCUT2D eigenvalue weighted by atomic mass is 32.1. The lowest BCUT2D eigenvalue weighted by atomic mass is 10.1. The topological polar surface area (TPSA) is 42.0 Å². The number of nitrogens with one attached hydrogen (secondary N) is 1. The Labute approximate surface area is 111 Å². The highest BCUT2D eigenvalue weighted by Gasteiger charge is 2.07. The van der Waals surface area contributed by atoms with Crippen molar-refractivity contribution < 1.29 is 4.79 Å². The van der Waals surface area contributed by atoms with Gasteiger partial charge in [0.15, 0.2) is 0 Å². The summed E-state index contributed by atoms with van der Waals surface area (Å²) in [6.07, 6.45) is 0.788. The lowest BCUT2D eigenvalue weighted by molar-refractivity contribution is 0.0953. The van der Waals surface area contributed by atoms with E-state index in [1.807, 2.05) is 43.5 Å². The van der Waals surface area contributed by atoms with E-state index in [1.165, 1.54) is 0 Å². The minimum atomic E-state index is -0.0126. The zero-order chi connectivity index (χ0) is 13.0. The number of hydrogen-bond acceptors (Lipinski definition) is 3. The largest absolute Gasteiger partial charge is 0.352 e. The Kier molecular flexibility index (Phi) is 4.10. The third-order valence-corrected chi connectivity index (χ3v) is 3.71. The first kappa shape index (κ1) is 12.8. The minimum Gasteiger partial charge on any atom is -0.352 e. The van der Waals surface area contributed by atoms with Crippen molar-refractivity contribution in [1.82, 2.24) is 10.3 Å². The maximum Gasteiger partial charge on any atom is 0.251 e. The SMILES string of the molecule is Cc1csc(CCNC(=O)c2ccccc2C)n1. The van der Waals surface area contributed by atoms with E-state index < -0.39 is 0 Å². The van der Waals surface area contributed by atoms with E-state index in [2.05, 4.69) is 10.3 Å². The van der Waals surface area contributed by atoms with E-state index in [9.17, 15) is 4.79 Å². The van der Waals surface area contributed by atoms with Crippen molar-refractivity contribution in [3.8, 4) is 0 Å². The van der Waals surface area contributed by atoms with Crippen LogP contribution in [0.3, 0.4) is 0 Å². The number of thiazole rings is 1. The van der Waals surface area contributed by atoms with Crippen LogP contribution in [0.1, 0.15) is 26.6 Å². The van der Waals surface area contributed by atoms with Gasteiger partial charge in [0.1, 0.15) is 0 Å². The molecule has 0 aliphatic heterocycles. The number of carbonyl (C=O) groups excluding carboxylic acids is 1.